The minimum Gasteiger partial charge on any atom is -0.326 e. The largest absolute Gasteiger partial charge is 0.326 e. The molecule has 17 heavy (non-hydrogen) atoms. The van der Waals surface area contributed by atoms with E-state index < -0.39 is 0 Å². The van der Waals surface area contributed by atoms with E-state index in [9.17, 15) is 4.39 Å². The third-order valence-corrected chi connectivity index (χ3v) is 5.53. The Morgan fingerprint density at radius 1 is 1.59 bits per heavy atom. The van der Waals surface area contributed by atoms with Crippen LogP contribution in [0.5, 0.6) is 0 Å². The molecule has 4 heteroatoms. The molecule has 1 saturated heterocycles. The van der Waals surface area contributed by atoms with Crippen molar-refractivity contribution in [2.45, 2.75) is 37.0 Å². The van der Waals surface area contributed by atoms with Gasteiger partial charge in [0.25, 0.3) is 0 Å². The molecular formula is C13H17ClFNS. The number of rotatable bonds is 3. The highest BCUT2D eigenvalue weighted by Gasteiger charge is 2.36. The summed E-state index contributed by atoms with van der Waals surface area (Å²) in [6.07, 6.45) is 2.81. The zero-order valence-corrected chi connectivity index (χ0v) is 11.5. The molecular weight excluding hydrogens is 257 g/mol. The van der Waals surface area contributed by atoms with E-state index in [0.717, 1.165) is 12.2 Å². The van der Waals surface area contributed by atoms with Crippen molar-refractivity contribution in [3.8, 4) is 0 Å². The highest BCUT2D eigenvalue weighted by molar-refractivity contribution is 8.00. The number of hydrogen-bond acceptors (Lipinski definition) is 2. The maximum absolute atomic E-state index is 13.7. The Morgan fingerprint density at radius 2 is 2.35 bits per heavy atom. The quantitative estimate of drug-likeness (QED) is 0.910. The zero-order chi connectivity index (χ0) is 12.5. The number of benzene rings is 1. The van der Waals surface area contributed by atoms with Gasteiger partial charge < -0.3 is 5.73 Å². The molecule has 0 amide bonds. The first-order valence-electron chi connectivity index (χ1n) is 5.85. The molecule has 0 aromatic heterocycles. The van der Waals surface area contributed by atoms with Gasteiger partial charge in [0.2, 0.25) is 0 Å². The highest BCUT2D eigenvalue weighted by Crippen LogP contribution is 2.41. The molecule has 0 radical (unpaired) electrons. The molecule has 1 fully saturated rings. The van der Waals surface area contributed by atoms with Crippen LogP contribution in [0.25, 0.3) is 0 Å². The lowest BCUT2D eigenvalue weighted by Gasteiger charge is -2.30. The predicted molar refractivity (Wildman–Crippen MR) is 73.2 cm³/mol. The van der Waals surface area contributed by atoms with Crippen molar-refractivity contribution in [3.05, 3.63) is 34.6 Å². The lowest BCUT2D eigenvalue weighted by molar-refractivity contribution is 0.473. The molecule has 0 bridgehead atoms. The average molecular weight is 274 g/mol. The molecule has 1 nitrogen and oxygen atoms in total. The van der Waals surface area contributed by atoms with Crippen molar-refractivity contribution in [2.24, 2.45) is 5.73 Å². The lowest BCUT2D eigenvalue weighted by atomic mass is 9.91. The maximum Gasteiger partial charge on any atom is 0.127 e. The van der Waals surface area contributed by atoms with Crippen LogP contribution in [0.4, 0.5) is 4.39 Å². The Hall–Kier alpha value is -0.250. The Labute approximate surface area is 111 Å². The summed E-state index contributed by atoms with van der Waals surface area (Å²) in [5.74, 6) is 0.898. The van der Waals surface area contributed by atoms with E-state index in [2.05, 4.69) is 6.92 Å². The van der Waals surface area contributed by atoms with E-state index in [1.54, 1.807) is 12.1 Å². The number of hydrogen-bond donors (Lipinski definition) is 1. The van der Waals surface area contributed by atoms with Gasteiger partial charge in [0, 0.05) is 21.4 Å². The number of thioether (sulfide) groups is 1. The van der Waals surface area contributed by atoms with Crippen LogP contribution in [-0.2, 0) is 6.42 Å². The molecule has 1 aliphatic rings. The Balaban J connectivity index is 2.15. The molecule has 1 aromatic rings. The van der Waals surface area contributed by atoms with Gasteiger partial charge in [-0.1, -0.05) is 17.7 Å². The summed E-state index contributed by atoms with van der Waals surface area (Å²) in [7, 11) is 0. The molecule has 2 atom stereocenters. The summed E-state index contributed by atoms with van der Waals surface area (Å²) < 4.78 is 13.7. The van der Waals surface area contributed by atoms with Gasteiger partial charge in [-0.3, -0.25) is 0 Å². The first-order valence-corrected chi connectivity index (χ1v) is 7.22. The standard InChI is InChI=1S/C13H17ClFNS/c1-13(6-3-7-17-13)12(16)8-9-10(14)4-2-5-11(9)15/h2,4-5,12H,3,6-8,16H2,1H3. The van der Waals surface area contributed by atoms with Crippen LogP contribution >= 0.6 is 23.4 Å². The van der Waals surface area contributed by atoms with Gasteiger partial charge in [0.05, 0.1) is 0 Å². The fraction of sp³-hybridized carbons (Fsp3) is 0.538. The van der Waals surface area contributed by atoms with Gasteiger partial charge in [-0.05, 0) is 44.1 Å². The maximum atomic E-state index is 13.7. The van der Waals surface area contributed by atoms with Crippen LogP contribution in [0, 0.1) is 5.82 Å². The average Bonchev–Trinajstić information content (AvgIpc) is 2.72. The second-order valence-corrected chi connectivity index (χ2v) is 6.81. The summed E-state index contributed by atoms with van der Waals surface area (Å²) in [5.41, 5.74) is 6.79. The molecule has 0 aliphatic carbocycles. The van der Waals surface area contributed by atoms with Gasteiger partial charge in [-0.25, -0.2) is 4.39 Å². The van der Waals surface area contributed by atoms with Crippen molar-refractivity contribution in [1.29, 1.82) is 0 Å². The minimum absolute atomic E-state index is 0.0515. The van der Waals surface area contributed by atoms with Gasteiger partial charge in [-0.2, -0.15) is 11.8 Å². The van der Waals surface area contributed by atoms with E-state index >= 15 is 0 Å². The van der Waals surface area contributed by atoms with Crippen LogP contribution in [0.1, 0.15) is 25.3 Å². The lowest BCUT2D eigenvalue weighted by Crippen LogP contribution is -2.43. The van der Waals surface area contributed by atoms with Crippen LogP contribution in [0.2, 0.25) is 5.02 Å². The first-order chi connectivity index (χ1) is 8.03. The molecule has 0 spiro atoms. The van der Waals surface area contributed by atoms with Crippen molar-refractivity contribution < 1.29 is 4.39 Å². The van der Waals surface area contributed by atoms with Crippen molar-refractivity contribution in [1.82, 2.24) is 0 Å². The molecule has 2 rings (SSSR count). The third-order valence-electron chi connectivity index (χ3n) is 3.52. The highest BCUT2D eigenvalue weighted by atomic mass is 35.5. The molecule has 1 aromatic carbocycles. The Morgan fingerprint density at radius 3 is 2.94 bits per heavy atom. The van der Waals surface area contributed by atoms with Crippen LogP contribution in [0.15, 0.2) is 18.2 Å². The van der Waals surface area contributed by atoms with E-state index in [-0.39, 0.29) is 16.6 Å². The smallest absolute Gasteiger partial charge is 0.127 e. The molecule has 0 saturated carbocycles. The van der Waals surface area contributed by atoms with Crippen molar-refractivity contribution in [3.63, 3.8) is 0 Å². The topological polar surface area (TPSA) is 26.0 Å². The molecule has 1 aliphatic heterocycles. The van der Waals surface area contributed by atoms with E-state index in [0.29, 0.717) is 17.0 Å². The summed E-state index contributed by atoms with van der Waals surface area (Å²) in [6, 6.07) is 4.73. The van der Waals surface area contributed by atoms with Crippen LogP contribution in [-0.4, -0.2) is 16.5 Å². The zero-order valence-electron chi connectivity index (χ0n) is 9.88. The molecule has 94 valence electrons. The van der Waals surface area contributed by atoms with Crippen LogP contribution in [0.3, 0.4) is 0 Å². The first kappa shape index (κ1) is 13.2. The normalized spacial score (nSPS) is 26.1. The second kappa shape index (κ2) is 5.17. The number of nitrogens with two attached hydrogens (primary N) is 1. The molecule has 2 N–H and O–H groups in total. The fourth-order valence-electron chi connectivity index (χ4n) is 2.26. The summed E-state index contributed by atoms with van der Waals surface area (Å²) in [6.45, 7) is 2.17. The fourth-order valence-corrected chi connectivity index (χ4v) is 3.84. The van der Waals surface area contributed by atoms with Gasteiger partial charge >= 0.3 is 0 Å². The van der Waals surface area contributed by atoms with Crippen LogP contribution < -0.4 is 5.73 Å². The SMILES string of the molecule is CC1(C(N)Cc2c(F)cccc2Cl)CCCS1. The van der Waals surface area contributed by atoms with Gasteiger partial charge in [-0.15, -0.1) is 0 Å². The van der Waals surface area contributed by atoms with E-state index in [1.165, 1.54) is 12.5 Å². The summed E-state index contributed by atoms with van der Waals surface area (Å²) >= 11 is 7.92. The molecule has 1 heterocycles. The summed E-state index contributed by atoms with van der Waals surface area (Å²) in [4.78, 5) is 0. The van der Waals surface area contributed by atoms with Gasteiger partial charge in [0.15, 0.2) is 0 Å². The molecule has 2 unspecified atom stereocenters. The number of halogens is 2. The second-order valence-electron chi connectivity index (χ2n) is 4.78. The van der Waals surface area contributed by atoms with Gasteiger partial charge in [0.1, 0.15) is 5.82 Å². The van der Waals surface area contributed by atoms with E-state index in [1.807, 2.05) is 11.8 Å². The summed E-state index contributed by atoms with van der Waals surface area (Å²) in [5, 5.41) is 0.479. The Kier molecular flexibility index (Phi) is 4.01. The van der Waals surface area contributed by atoms with Crippen molar-refractivity contribution in [2.75, 3.05) is 5.75 Å². The Bertz CT molecular complexity index is 384. The van der Waals surface area contributed by atoms with E-state index in [4.69, 9.17) is 17.3 Å². The third kappa shape index (κ3) is 2.78. The monoisotopic (exact) mass is 273 g/mol. The minimum atomic E-state index is -0.250. The van der Waals surface area contributed by atoms with Crippen molar-refractivity contribution >= 4 is 23.4 Å². The predicted octanol–water partition coefficient (Wildman–Crippen LogP) is 3.63.